The molecule has 1 aromatic heterocycles. The number of hydrogen-bond donors (Lipinski definition) is 1. The largest absolute Gasteiger partial charge is 0.379 e. The average Bonchev–Trinajstić information content (AvgIpc) is 2.97. The van der Waals surface area contributed by atoms with E-state index in [0.717, 1.165) is 23.4 Å². The number of rotatable bonds is 3. The van der Waals surface area contributed by atoms with Gasteiger partial charge in [-0.25, -0.2) is 0 Å². The summed E-state index contributed by atoms with van der Waals surface area (Å²) in [6.07, 6.45) is 3.79. The monoisotopic (exact) mass is 268 g/mol. The standard InChI is InChI=1S/C16H16N2S/c1-11-4-2-6-13(9-17)16(11)18-10-14-8-12-5-3-7-15(12)19-14/h2,4,6,8,18H,3,5,7,10H2,1H3. The van der Waals surface area contributed by atoms with Crippen molar-refractivity contribution in [1.82, 2.24) is 0 Å². The Kier molecular flexibility index (Phi) is 3.27. The van der Waals surface area contributed by atoms with Gasteiger partial charge < -0.3 is 5.32 Å². The van der Waals surface area contributed by atoms with Crippen LogP contribution in [0.2, 0.25) is 0 Å². The first-order valence-electron chi connectivity index (χ1n) is 6.62. The number of hydrogen-bond acceptors (Lipinski definition) is 3. The molecule has 2 nitrogen and oxygen atoms in total. The maximum atomic E-state index is 9.15. The Labute approximate surface area is 117 Å². The van der Waals surface area contributed by atoms with E-state index >= 15 is 0 Å². The summed E-state index contributed by atoms with van der Waals surface area (Å²) in [5, 5.41) is 12.6. The Morgan fingerprint density at radius 1 is 1.37 bits per heavy atom. The molecule has 0 atom stereocenters. The van der Waals surface area contributed by atoms with Gasteiger partial charge in [-0.05, 0) is 49.4 Å². The number of thiophene rings is 1. The summed E-state index contributed by atoms with van der Waals surface area (Å²) in [5.41, 5.74) is 4.36. The molecule has 1 N–H and O–H groups in total. The summed E-state index contributed by atoms with van der Waals surface area (Å²) in [6, 6.07) is 10.4. The zero-order chi connectivity index (χ0) is 13.2. The van der Waals surface area contributed by atoms with Gasteiger partial charge in [0.15, 0.2) is 0 Å². The van der Waals surface area contributed by atoms with Crippen molar-refractivity contribution in [3.8, 4) is 6.07 Å². The van der Waals surface area contributed by atoms with E-state index in [1.165, 1.54) is 29.7 Å². The highest BCUT2D eigenvalue weighted by molar-refractivity contribution is 7.12. The first kappa shape index (κ1) is 12.3. The highest BCUT2D eigenvalue weighted by Gasteiger charge is 2.14. The topological polar surface area (TPSA) is 35.8 Å². The normalized spacial score (nSPS) is 13.1. The minimum atomic E-state index is 0.726. The maximum Gasteiger partial charge on any atom is 0.101 e. The summed E-state index contributed by atoms with van der Waals surface area (Å²) in [7, 11) is 0. The Morgan fingerprint density at radius 3 is 3.05 bits per heavy atom. The summed E-state index contributed by atoms with van der Waals surface area (Å²) in [5.74, 6) is 0. The Balaban J connectivity index is 1.77. The van der Waals surface area contributed by atoms with E-state index < -0.39 is 0 Å². The Bertz CT molecular complexity index is 628. The lowest BCUT2D eigenvalue weighted by Gasteiger charge is -2.10. The number of aryl methyl sites for hydroxylation is 3. The second-order valence-corrected chi connectivity index (χ2v) is 6.20. The van der Waals surface area contributed by atoms with Gasteiger partial charge in [-0.15, -0.1) is 11.3 Å². The number of fused-ring (bicyclic) bond motifs is 1. The second kappa shape index (κ2) is 5.07. The van der Waals surface area contributed by atoms with Gasteiger partial charge >= 0.3 is 0 Å². The van der Waals surface area contributed by atoms with Crippen LogP contribution in [0.5, 0.6) is 0 Å². The van der Waals surface area contributed by atoms with Crippen LogP contribution in [0.4, 0.5) is 5.69 Å². The molecule has 19 heavy (non-hydrogen) atoms. The van der Waals surface area contributed by atoms with Crippen LogP contribution < -0.4 is 5.32 Å². The van der Waals surface area contributed by atoms with Gasteiger partial charge in [0.25, 0.3) is 0 Å². The molecule has 0 unspecified atom stereocenters. The highest BCUT2D eigenvalue weighted by Crippen LogP contribution is 2.31. The van der Waals surface area contributed by atoms with Crippen LogP contribution in [0.1, 0.15) is 32.9 Å². The zero-order valence-electron chi connectivity index (χ0n) is 11.0. The third-order valence-electron chi connectivity index (χ3n) is 3.63. The molecule has 3 rings (SSSR count). The molecule has 0 amide bonds. The van der Waals surface area contributed by atoms with E-state index in [4.69, 9.17) is 5.26 Å². The summed E-state index contributed by atoms with van der Waals surface area (Å²) >= 11 is 1.92. The number of para-hydroxylation sites is 1. The SMILES string of the molecule is Cc1cccc(C#N)c1NCc1cc2c(s1)CCC2. The van der Waals surface area contributed by atoms with Crippen LogP contribution in [0.15, 0.2) is 24.3 Å². The number of benzene rings is 1. The van der Waals surface area contributed by atoms with E-state index in [0.29, 0.717) is 0 Å². The van der Waals surface area contributed by atoms with Gasteiger partial charge in [-0.1, -0.05) is 12.1 Å². The summed E-state index contributed by atoms with van der Waals surface area (Å²) in [4.78, 5) is 2.93. The molecule has 1 aromatic carbocycles. The lowest BCUT2D eigenvalue weighted by molar-refractivity contribution is 0.913. The van der Waals surface area contributed by atoms with Gasteiger partial charge in [0, 0.05) is 16.3 Å². The number of nitrogens with one attached hydrogen (secondary N) is 1. The molecule has 0 fully saturated rings. The fraction of sp³-hybridized carbons (Fsp3) is 0.312. The molecule has 2 aromatic rings. The van der Waals surface area contributed by atoms with Crippen molar-refractivity contribution in [2.45, 2.75) is 32.7 Å². The molecule has 1 heterocycles. The van der Waals surface area contributed by atoms with E-state index in [1.54, 1.807) is 4.88 Å². The van der Waals surface area contributed by atoms with Crippen molar-refractivity contribution in [2.24, 2.45) is 0 Å². The molecule has 0 aliphatic heterocycles. The molecular formula is C16H16N2S. The molecule has 0 spiro atoms. The van der Waals surface area contributed by atoms with Crippen LogP contribution in [0.25, 0.3) is 0 Å². The van der Waals surface area contributed by atoms with Crippen molar-refractivity contribution in [2.75, 3.05) is 5.32 Å². The molecule has 96 valence electrons. The van der Waals surface area contributed by atoms with Crippen molar-refractivity contribution in [3.63, 3.8) is 0 Å². The molecule has 0 saturated carbocycles. The molecule has 3 heteroatoms. The van der Waals surface area contributed by atoms with Crippen molar-refractivity contribution >= 4 is 17.0 Å². The average molecular weight is 268 g/mol. The molecule has 1 aliphatic rings. The minimum absolute atomic E-state index is 0.726. The van der Waals surface area contributed by atoms with Crippen LogP contribution in [-0.4, -0.2) is 0 Å². The molecule has 1 aliphatic carbocycles. The van der Waals surface area contributed by atoms with Gasteiger partial charge in [0.2, 0.25) is 0 Å². The number of nitrogens with zero attached hydrogens (tertiary/aromatic N) is 1. The third kappa shape index (κ3) is 2.36. The van der Waals surface area contributed by atoms with Crippen molar-refractivity contribution in [3.05, 3.63) is 50.7 Å². The van der Waals surface area contributed by atoms with Gasteiger partial charge in [0.05, 0.1) is 11.3 Å². The minimum Gasteiger partial charge on any atom is -0.379 e. The van der Waals surface area contributed by atoms with Gasteiger partial charge in [-0.3, -0.25) is 0 Å². The van der Waals surface area contributed by atoms with Crippen LogP contribution in [0, 0.1) is 18.3 Å². The lowest BCUT2D eigenvalue weighted by atomic mass is 10.1. The molecule has 0 radical (unpaired) electrons. The van der Waals surface area contributed by atoms with Gasteiger partial charge in [0.1, 0.15) is 6.07 Å². The van der Waals surface area contributed by atoms with Crippen molar-refractivity contribution in [1.29, 1.82) is 5.26 Å². The third-order valence-corrected chi connectivity index (χ3v) is 4.87. The highest BCUT2D eigenvalue weighted by atomic mass is 32.1. The summed E-state index contributed by atoms with van der Waals surface area (Å²) in [6.45, 7) is 2.86. The Hall–Kier alpha value is -1.79. The number of anilines is 1. The predicted octanol–water partition coefficient (Wildman–Crippen LogP) is 4.03. The van der Waals surface area contributed by atoms with Crippen LogP contribution in [0.3, 0.4) is 0 Å². The number of nitriles is 1. The fourth-order valence-electron chi connectivity index (χ4n) is 2.65. The van der Waals surface area contributed by atoms with E-state index in [-0.39, 0.29) is 0 Å². The summed E-state index contributed by atoms with van der Waals surface area (Å²) < 4.78 is 0. The van der Waals surface area contributed by atoms with E-state index in [2.05, 4.69) is 17.5 Å². The smallest absolute Gasteiger partial charge is 0.101 e. The quantitative estimate of drug-likeness (QED) is 0.912. The second-order valence-electron chi connectivity index (χ2n) is 4.98. The first-order chi connectivity index (χ1) is 9.28. The van der Waals surface area contributed by atoms with Crippen molar-refractivity contribution < 1.29 is 0 Å². The van der Waals surface area contributed by atoms with Gasteiger partial charge in [-0.2, -0.15) is 5.26 Å². The Morgan fingerprint density at radius 2 is 2.26 bits per heavy atom. The van der Waals surface area contributed by atoms with E-state index in [1.807, 2.05) is 36.5 Å². The van der Waals surface area contributed by atoms with E-state index in [9.17, 15) is 0 Å². The van der Waals surface area contributed by atoms with Crippen LogP contribution in [-0.2, 0) is 19.4 Å². The van der Waals surface area contributed by atoms with Crippen LogP contribution >= 0.6 is 11.3 Å². The molecular weight excluding hydrogens is 252 g/mol. The maximum absolute atomic E-state index is 9.15. The molecule has 0 saturated heterocycles. The predicted molar refractivity (Wildman–Crippen MR) is 79.6 cm³/mol. The lowest BCUT2D eigenvalue weighted by Crippen LogP contribution is -2.01. The molecule has 0 bridgehead atoms. The fourth-order valence-corrected chi connectivity index (χ4v) is 3.85. The first-order valence-corrected chi connectivity index (χ1v) is 7.43. The zero-order valence-corrected chi connectivity index (χ0v) is 11.8.